The summed E-state index contributed by atoms with van der Waals surface area (Å²) < 4.78 is 5.88. The lowest BCUT2D eigenvalue weighted by Crippen LogP contribution is -2.28. The minimum Gasteiger partial charge on any atom is -0.493 e. The summed E-state index contributed by atoms with van der Waals surface area (Å²) in [5.74, 6) is 0.775. The van der Waals surface area contributed by atoms with Gasteiger partial charge in [-0.2, -0.15) is 0 Å². The zero-order valence-corrected chi connectivity index (χ0v) is 15.0. The highest BCUT2D eigenvalue weighted by molar-refractivity contribution is 5.84. The molecule has 3 N–H and O–H groups in total. The third kappa shape index (κ3) is 3.96. The van der Waals surface area contributed by atoms with E-state index in [-0.39, 0.29) is 11.4 Å². The number of ether oxygens (including phenoxy) is 1. The zero-order chi connectivity index (χ0) is 18.7. The number of benzene rings is 1. The number of carbonyl (C=O) groups is 1. The average molecular weight is 360 g/mol. The van der Waals surface area contributed by atoms with Crippen LogP contribution in [0.25, 0.3) is 10.9 Å². The second-order valence-corrected chi connectivity index (χ2v) is 6.69. The van der Waals surface area contributed by atoms with E-state index in [1.165, 1.54) is 12.8 Å². The number of amides is 1. The smallest absolute Gasteiger partial charge is 0.405 e. The maximum absolute atomic E-state index is 12.5. The van der Waals surface area contributed by atoms with Crippen LogP contribution in [0.1, 0.15) is 38.1 Å². The van der Waals surface area contributed by atoms with Crippen LogP contribution in [0.2, 0.25) is 0 Å². The highest BCUT2D eigenvalue weighted by Gasteiger charge is 2.21. The Morgan fingerprint density at radius 3 is 3.04 bits per heavy atom. The van der Waals surface area contributed by atoms with E-state index in [0.29, 0.717) is 29.3 Å². The summed E-state index contributed by atoms with van der Waals surface area (Å²) in [5, 5.41) is 11.5. The van der Waals surface area contributed by atoms with Crippen molar-refractivity contribution in [2.45, 2.75) is 38.3 Å². The van der Waals surface area contributed by atoms with Crippen LogP contribution in [0.15, 0.2) is 23.0 Å². The summed E-state index contributed by atoms with van der Waals surface area (Å²) in [6.45, 7) is 3.27. The molecule has 0 bridgehead atoms. The Hall–Kier alpha value is -2.61. The van der Waals surface area contributed by atoms with Crippen molar-refractivity contribution in [3.63, 3.8) is 0 Å². The SMILES string of the molecule is C[C@H](NC(=O)O)c1nc2cccc(OCCC3CCCN3C)c2c(=O)[nH]1. The van der Waals surface area contributed by atoms with Gasteiger partial charge in [-0.05, 0) is 51.9 Å². The van der Waals surface area contributed by atoms with Gasteiger partial charge in [-0.3, -0.25) is 4.79 Å². The number of likely N-dealkylation sites (tertiary alicyclic amines) is 1. The van der Waals surface area contributed by atoms with Crippen LogP contribution in [0, 0.1) is 0 Å². The Bertz CT molecular complexity index is 851. The molecule has 2 atom stereocenters. The largest absolute Gasteiger partial charge is 0.493 e. The van der Waals surface area contributed by atoms with E-state index in [4.69, 9.17) is 9.84 Å². The maximum atomic E-state index is 12.5. The highest BCUT2D eigenvalue weighted by atomic mass is 16.5. The standard InChI is InChI=1S/C18H24N4O4/c1-11(19-18(24)25)16-20-13-6-3-7-14(15(13)17(23)21-16)26-10-8-12-5-4-9-22(12)2/h3,6-7,11-12,19H,4-5,8-10H2,1-2H3,(H,24,25)(H,20,21,23)/t11-,12?/m0/s1. The number of hydrogen-bond donors (Lipinski definition) is 3. The van der Waals surface area contributed by atoms with E-state index < -0.39 is 12.1 Å². The van der Waals surface area contributed by atoms with Crippen molar-refractivity contribution in [1.29, 1.82) is 0 Å². The molecule has 0 spiro atoms. The topological polar surface area (TPSA) is 108 Å². The molecule has 8 nitrogen and oxygen atoms in total. The van der Waals surface area contributed by atoms with E-state index >= 15 is 0 Å². The Morgan fingerprint density at radius 1 is 1.54 bits per heavy atom. The summed E-state index contributed by atoms with van der Waals surface area (Å²) in [7, 11) is 2.12. The van der Waals surface area contributed by atoms with E-state index in [2.05, 4.69) is 27.2 Å². The second-order valence-electron chi connectivity index (χ2n) is 6.69. The zero-order valence-electron chi connectivity index (χ0n) is 15.0. The third-order valence-corrected chi connectivity index (χ3v) is 4.84. The number of carboxylic acid groups (broad SMARTS) is 1. The van der Waals surface area contributed by atoms with E-state index in [1.54, 1.807) is 25.1 Å². The van der Waals surface area contributed by atoms with Crippen LogP contribution in [0.3, 0.4) is 0 Å². The molecule has 1 aromatic heterocycles. The molecule has 3 rings (SSSR count). The second kappa shape index (κ2) is 7.74. The predicted octanol–water partition coefficient (Wildman–Crippen LogP) is 2.11. The Kier molecular flexibility index (Phi) is 5.41. The molecule has 1 fully saturated rings. The molecule has 1 aliphatic heterocycles. The number of nitrogens with one attached hydrogen (secondary N) is 2. The van der Waals surface area contributed by atoms with E-state index in [1.807, 2.05) is 0 Å². The van der Waals surface area contributed by atoms with Gasteiger partial charge in [0.1, 0.15) is 17.0 Å². The van der Waals surface area contributed by atoms with Gasteiger partial charge in [-0.1, -0.05) is 6.07 Å². The van der Waals surface area contributed by atoms with Crippen LogP contribution in [0.4, 0.5) is 4.79 Å². The van der Waals surface area contributed by atoms with Crippen LogP contribution in [0.5, 0.6) is 5.75 Å². The first-order valence-electron chi connectivity index (χ1n) is 8.81. The number of aromatic nitrogens is 2. The van der Waals surface area contributed by atoms with Gasteiger partial charge >= 0.3 is 6.09 Å². The predicted molar refractivity (Wildman–Crippen MR) is 97.7 cm³/mol. The molecule has 1 saturated heterocycles. The summed E-state index contributed by atoms with van der Waals surface area (Å²) in [6, 6.07) is 5.17. The molecule has 1 unspecified atom stereocenters. The molecule has 140 valence electrons. The lowest BCUT2D eigenvalue weighted by molar-refractivity contribution is 0.190. The molecule has 1 aromatic carbocycles. The molecular weight excluding hydrogens is 336 g/mol. The maximum Gasteiger partial charge on any atom is 0.405 e. The molecule has 2 heterocycles. The van der Waals surface area contributed by atoms with Gasteiger partial charge in [0, 0.05) is 6.04 Å². The van der Waals surface area contributed by atoms with Crippen molar-refractivity contribution in [3.8, 4) is 5.75 Å². The summed E-state index contributed by atoms with van der Waals surface area (Å²) in [4.78, 5) is 32.7. The molecule has 0 radical (unpaired) electrons. The molecule has 2 aromatic rings. The van der Waals surface area contributed by atoms with Crippen LogP contribution < -0.4 is 15.6 Å². The lowest BCUT2D eigenvalue weighted by atomic mass is 10.1. The lowest BCUT2D eigenvalue weighted by Gasteiger charge is -2.19. The number of nitrogens with zero attached hydrogens (tertiary/aromatic N) is 2. The minimum absolute atomic E-state index is 0.273. The quantitative estimate of drug-likeness (QED) is 0.728. The molecule has 26 heavy (non-hydrogen) atoms. The van der Waals surface area contributed by atoms with Gasteiger partial charge in [0.15, 0.2) is 0 Å². The molecule has 0 aliphatic carbocycles. The minimum atomic E-state index is -1.17. The van der Waals surface area contributed by atoms with E-state index in [9.17, 15) is 9.59 Å². The molecule has 8 heteroatoms. The van der Waals surface area contributed by atoms with Crippen molar-refractivity contribution in [2.24, 2.45) is 0 Å². The average Bonchev–Trinajstić information content (AvgIpc) is 2.99. The molecule has 1 amide bonds. The molecule has 0 saturated carbocycles. The fourth-order valence-electron chi connectivity index (χ4n) is 3.41. The van der Waals surface area contributed by atoms with Crippen molar-refractivity contribution in [1.82, 2.24) is 20.2 Å². The van der Waals surface area contributed by atoms with Crippen LogP contribution in [-0.2, 0) is 0 Å². The Labute approximate surface area is 151 Å². The Morgan fingerprint density at radius 2 is 2.35 bits per heavy atom. The summed E-state index contributed by atoms with van der Waals surface area (Å²) >= 11 is 0. The first-order chi connectivity index (χ1) is 12.5. The van der Waals surface area contributed by atoms with E-state index in [0.717, 1.165) is 13.0 Å². The van der Waals surface area contributed by atoms with Crippen LogP contribution >= 0.6 is 0 Å². The van der Waals surface area contributed by atoms with Crippen molar-refractivity contribution >= 4 is 17.0 Å². The van der Waals surface area contributed by atoms with Crippen molar-refractivity contribution in [2.75, 3.05) is 20.2 Å². The highest BCUT2D eigenvalue weighted by Crippen LogP contribution is 2.23. The molecule has 1 aliphatic rings. The van der Waals surface area contributed by atoms with Crippen molar-refractivity contribution < 1.29 is 14.6 Å². The van der Waals surface area contributed by atoms with Crippen LogP contribution in [-0.4, -0.2) is 52.3 Å². The fourth-order valence-corrected chi connectivity index (χ4v) is 3.41. The van der Waals surface area contributed by atoms with Gasteiger partial charge in [0.05, 0.1) is 18.2 Å². The third-order valence-electron chi connectivity index (χ3n) is 4.84. The number of rotatable bonds is 6. The van der Waals surface area contributed by atoms with Gasteiger partial charge < -0.3 is 25.0 Å². The molecular formula is C18H24N4O4. The fraction of sp³-hybridized carbons (Fsp3) is 0.500. The first-order valence-corrected chi connectivity index (χ1v) is 8.81. The number of aromatic amines is 1. The number of hydrogen-bond acceptors (Lipinski definition) is 5. The van der Waals surface area contributed by atoms with Gasteiger partial charge in [-0.15, -0.1) is 0 Å². The number of H-pyrrole nitrogens is 1. The first kappa shape index (κ1) is 18.2. The summed E-state index contributed by atoms with van der Waals surface area (Å²) in [6.07, 6.45) is 2.13. The van der Waals surface area contributed by atoms with Gasteiger partial charge in [-0.25, -0.2) is 9.78 Å². The van der Waals surface area contributed by atoms with Crippen molar-refractivity contribution in [3.05, 3.63) is 34.4 Å². The monoisotopic (exact) mass is 360 g/mol. The normalized spacial score (nSPS) is 18.8. The van der Waals surface area contributed by atoms with Gasteiger partial charge in [0.25, 0.3) is 5.56 Å². The summed E-state index contributed by atoms with van der Waals surface area (Å²) in [5.41, 5.74) is 0.149. The van der Waals surface area contributed by atoms with Gasteiger partial charge in [0.2, 0.25) is 0 Å². The Balaban J connectivity index is 1.79. The number of fused-ring (bicyclic) bond motifs is 1.